The van der Waals surface area contributed by atoms with Crippen molar-refractivity contribution in [3.8, 4) is 5.75 Å². The smallest absolute Gasteiger partial charge is 0.414 e. The quantitative estimate of drug-likeness (QED) is 0.778. The summed E-state index contributed by atoms with van der Waals surface area (Å²) in [5.74, 6) is 0.154. The summed E-state index contributed by atoms with van der Waals surface area (Å²) >= 11 is 0. The van der Waals surface area contributed by atoms with Crippen molar-refractivity contribution in [2.24, 2.45) is 0 Å². The summed E-state index contributed by atoms with van der Waals surface area (Å²) in [6.45, 7) is 9.21. The number of hydrogen-bond acceptors (Lipinski definition) is 5. The van der Waals surface area contributed by atoms with E-state index in [-0.39, 0.29) is 6.61 Å². The molecule has 128 valence electrons. The lowest BCUT2D eigenvalue weighted by molar-refractivity contribution is -0.145. The number of rotatable bonds is 5. The maximum absolute atomic E-state index is 12.1. The number of ether oxygens (including phenoxy) is 3. The maximum atomic E-state index is 12.1. The minimum atomic E-state index is -0.553. The highest BCUT2D eigenvalue weighted by Crippen LogP contribution is 2.25. The first kappa shape index (κ1) is 18.8. The van der Waals surface area contributed by atoms with Crippen LogP contribution < -0.4 is 9.64 Å². The normalized spacial score (nSPS) is 10.9. The third kappa shape index (κ3) is 6.18. The van der Waals surface area contributed by atoms with Crippen LogP contribution in [0.2, 0.25) is 0 Å². The fraction of sp³-hybridized carbons (Fsp3) is 0.529. The van der Waals surface area contributed by atoms with Gasteiger partial charge in [-0.25, -0.2) is 9.59 Å². The second-order valence-corrected chi connectivity index (χ2v) is 6.08. The van der Waals surface area contributed by atoms with Gasteiger partial charge in [-0.1, -0.05) is 0 Å². The first-order valence-electron chi connectivity index (χ1n) is 7.50. The molecule has 0 heterocycles. The van der Waals surface area contributed by atoms with E-state index in [4.69, 9.17) is 14.2 Å². The van der Waals surface area contributed by atoms with E-state index >= 15 is 0 Å². The zero-order chi connectivity index (χ0) is 17.6. The summed E-state index contributed by atoms with van der Waals surface area (Å²) in [5, 5.41) is 0. The van der Waals surface area contributed by atoms with Crippen molar-refractivity contribution in [2.75, 3.05) is 25.2 Å². The maximum Gasteiger partial charge on any atom is 0.414 e. The van der Waals surface area contributed by atoms with Crippen molar-refractivity contribution in [3.63, 3.8) is 0 Å². The van der Waals surface area contributed by atoms with Crippen LogP contribution in [0, 0.1) is 6.92 Å². The second kappa shape index (κ2) is 7.85. The Morgan fingerprint density at radius 2 is 1.87 bits per heavy atom. The molecule has 1 aromatic rings. The van der Waals surface area contributed by atoms with Crippen LogP contribution in [0.3, 0.4) is 0 Å². The predicted molar refractivity (Wildman–Crippen MR) is 87.9 cm³/mol. The average molecular weight is 323 g/mol. The summed E-state index contributed by atoms with van der Waals surface area (Å²) in [5.41, 5.74) is 0.936. The van der Waals surface area contributed by atoms with Gasteiger partial charge < -0.3 is 14.2 Å². The summed E-state index contributed by atoms with van der Waals surface area (Å²) < 4.78 is 15.6. The third-order valence-corrected chi connectivity index (χ3v) is 2.86. The van der Waals surface area contributed by atoms with Crippen molar-refractivity contribution >= 4 is 17.7 Å². The number of benzene rings is 1. The molecule has 1 rings (SSSR count). The SMILES string of the molecule is CCOC(=O)COc1ccc(N(C)C(=O)OC(C)(C)C)cc1C. The van der Waals surface area contributed by atoms with Gasteiger partial charge >= 0.3 is 12.1 Å². The highest BCUT2D eigenvalue weighted by molar-refractivity contribution is 5.87. The van der Waals surface area contributed by atoms with Gasteiger partial charge in [0.1, 0.15) is 11.4 Å². The number of hydrogen-bond donors (Lipinski definition) is 0. The molecule has 0 aliphatic carbocycles. The fourth-order valence-electron chi connectivity index (χ4n) is 1.78. The second-order valence-electron chi connectivity index (χ2n) is 6.08. The summed E-state index contributed by atoms with van der Waals surface area (Å²) in [7, 11) is 1.64. The number of nitrogens with zero attached hydrogens (tertiary/aromatic N) is 1. The van der Waals surface area contributed by atoms with Gasteiger partial charge in [-0.15, -0.1) is 0 Å². The Balaban J connectivity index is 2.75. The molecule has 0 unspecified atom stereocenters. The predicted octanol–water partition coefficient (Wildman–Crippen LogP) is 3.31. The Morgan fingerprint density at radius 1 is 1.22 bits per heavy atom. The van der Waals surface area contributed by atoms with Crippen molar-refractivity contribution in [3.05, 3.63) is 23.8 Å². The summed E-state index contributed by atoms with van der Waals surface area (Å²) in [6, 6.07) is 5.24. The first-order chi connectivity index (χ1) is 10.6. The van der Waals surface area contributed by atoms with E-state index in [1.54, 1.807) is 32.2 Å². The topological polar surface area (TPSA) is 65.1 Å². The third-order valence-electron chi connectivity index (χ3n) is 2.86. The van der Waals surface area contributed by atoms with Gasteiger partial charge in [0.15, 0.2) is 6.61 Å². The van der Waals surface area contributed by atoms with Crippen LogP contribution in [0.5, 0.6) is 5.75 Å². The van der Waals surface area contributed by atoms with Crippen LogP contribution >= 0.6 is 0 Å². The summed E-state index contributed by atoms with van der Waals surface area (Å²) in [4.78, 5) is 24.8. The first-order valence-corrected chi connectivity index (χ1v) is 7.50. The zero-order valence-electron chi connectivity index (χ0n) is 14.6. The largest absolute Gasteiger partial charge is 0.482 e. The molecule has 0 aromatic heterocycles. The van der Waals surface area contributed by atoms with Crippen molar-refractivity contribution in [1.29, 1.82) is 0 Å². The Morgan fingerprint density at radius 3 is 2.39 bits per heavy atom. The molecule has 0 fully saturated rings. The van der Waals surface area contributed by atoms with E-state index in [9.17, 15) is 9.59 Å². The number of aryl methyl sites for hydroxylation is 1. The molecule has 6 heteroatoms. The van der Waals surface area contributed by atoms with Crippen molar-refractivity contribution in [2.45, 2.75) is 40.2 Å². The molecular formula is C17H25NO5. The number of carbonyl (C=O) groups is 2. The lowest BCUT2D eigenvalue weighted by atomic mass is 10.2. The van der Waals surface area contributed by atoms with Crippen LogP contribution in [-0.2, 0) is 14.3 Å². The van der Waals surface area contributed by atoms with Crippen LogP contribution in [0.4, 0.5) is 10.5 Å². The average Bonchev–Trinajstić information content (AvgIpc) is 2.43. The molecule has 0 aliphatic rings. The fourth-order valence-corrected chi connectivity index (χ4v) is 1.78. The van der Waals surface area contributed by atoms with Gasteiger partial charge in [-0.2, -0.15) is 0 Å². The van der Waals surface area contributed by atoms with Gasteiger partial charge in [-0.3, -0.25) is 4.90 Å². The minimum Gasteiger partial charge on any atom is -0.482 e. The van der Waals surface area contributed by atoms with Gasteiger partial charge in [0.05, 0.1) is 6.61 Å². The minimum absolute atomic E-state index is 0.143. The Hall–Kier alpha value is -2.24. The molecule has 1 aromatic carbocycles. The molecule has 0 N–H and O–H groups in total. The standard InChI is InChI=1S/C17H25NO5/c1-7-21-15(19)11-22-14-9-8-13(10-12(14)2)18(6)16(20)23-17(3,4)5/h8-10H,7,11H2,1-6H3. The molecule has 23 heavy (non-hydrogen) atoms. The van der Waals surface area contributed by atoms with Crippen molar-refractivity contribution < 1.29 is 23.8 Å². The van der Waals surface area contributed by atoms with E-state index in [0.717, 1.165) is 5.56 Å². The van der Waals surface area contributed by atoms with Crippen molar-refractivity contribution in [1.82, 2.24) is 0 Å². The van der Waals surface area contributed by atoms with E-state index in [0.29, 0.717) is 18.0 Å². The number of esters is 1. The molecule has 1 amide bonds. The van der Waals surface area contributed by atoms with Crippen LogP contribution in [0.25, 0.3) is 0 Å². The summed E-state index contributed by atoms with van der Waals surface area (Å²) in [6.07, 6.45) is -0.433. The highest BCUT2D eigenvalue weighted by atomic mass is 16.6. The molecule has 6 nitrogen and oxygen atoms in total. The van der Waals surface area contributed by atoms with Crippen LogP contribution in [0.1, 0.15) is 33.3 Å². The molecule has 0 spiro atoms. The van der Waals surface area contributed by atoms with Crippen LogP contribution in [-0.4, -0.2) is 37.9 Å². The van der Waals surface area contributed by atoms with E-state index in [1.165, 1.54) is 4.90 Å². The van der Waals surface area contributed by atoms with E-state index in [1.807, 2.05) is 27.7 Å². The van der Waals surface area contributed by atoms with Gasteiger partial charge in [-0.05, 0) is 58.4 Å². The molecule has 0 atom stereocenters. The van der Waals surface area contributed by atoms with Gasteiger partial charge in [0.25, 0.3) is 0 Å². The van der Waals surface area contributed by atoms with Gasteiger partial charge in [0.2, 0.25) is 0 Å². The Labute approximate surface area is 137 Å². The monoisotopic (exact) mass is 323 g/mol. The van der Waals surface area contributed by atoms with Gasteiger partial charge in [0, 0.05) is 12.7 Å². The van der Waals surface area contributed by atoms with E-state index in [2.05, 4.69) is 0 Å². The Kier molecular flexibility index (Phi) is 6.42. The number of anilines is 1. The molecule has 0 aliphatic heterocycles. The molecule has 0 saturated carbocycles. The molecule has 0 bridgehead atoms. The van der Waals surface area contributed by atoms with E-state index < -0.39 is 17.7 Å². The molecule has 0 saturated heterocycles. The zero-order valence-corrected chi connectivity index (χ0v) is 14.6. The lowest BCUT2D eigenvalue weighted by Crippen LogP contribution is -2.34. The van der Waals surface area contributed by atoms with Crippen LogP contribution in [0.15, 0.2) is 18.2 Å². The highest BCUT2D eigenvalue weighted by Gasteiger charge is 2.21. The number of amides is 1. The number of carbonyl (C=O) groups excluding carboxylic acids is 2. The Bertz CT molecular complexity index is 563. The molecule has 0 radical (unpaired) electrons. The molecular weight excluding hydrogens is 298 g/mol. The lowest BCUT2D eigenvalue weighted by Gasteiger charge is -2.25.